The van der Waals surface area contributed by atoms with Crippen molar-refractivity contribution in [2.75, 3.05) is 13.2 Å². The molecule has 1 atom stereocenters. The van der Waals surface area contributed by atoms with Crippen LogP contribution < -0.4 is 0 Å². The Morgan fingerprint density at radius 1 is 1.15 bits per heavy atom. The number of Topliss-reactive ketones (excluding diaryl/α,β-unsaturated/α-hetero) is 1. The van der Waals surface area contributed by atoms with Crippen molar-refractivity contribution in [2.45, 2.75) is 13.3 Å². The average molecular weight is 266 g/mol. The fourth-order valence-corrected chi connectivity index (χ4v) is 2.71. The van der Waals surface area contributed by atoms with Gasteiger partial charge in [0.1, 0.15) is 0 Å². The van der Waals surface area contributed by atoms with Crippen LogP contribution in [0.25, 0.3) is 11.1 Å². The summed E-state index contributed by atoms with van der Waals surface area (Å²) in [6, 6.07) is 16.2. The van der Waals surface area contributed by atoms with E-state index in [0.29, 0.717) is 13.2 Å². The minimum atomic E-state index is 0.0297. The van der Waals surface area contributed by atoms with Gasteiger partial charge in [-0.15, -0.1) is 0 Å². The standard InChI is InChI=1S/C18H18O2/c1-13-5-2-3-8-17(13)14-6-4-7-15(11-14)18(19)16-9-10-20-12-16/h2-8,11,16H,9-10,12H2,1H3. The van der Waals surface area contributed by atoms with Gasteiger partial charge in [0.25, 0.3) is 0 Å². The lowest BCUT2D eigenvalue weighted by Crippen LogP contribution is -2.14. The largest absolute Gasteiger partial charge is 0.381 e. The van der Waals surface area contributed by atoms with Crippen molar-refractivity contribution in [3.05, 3.63) is 59.7 Å². The normalized spacial score (nSPS) is 18.1. The molecule has 0 bridgehead atoms. The summed E-state index contributed by atoms with van der Waals surface area (Å²) in [7, 11) is 0. The highest BCUT2D eigenvalue weighted by molar-refractivity contribution is 5.99. The van der Waals surface area contributed by atoms with Gasteiger partial charge >= 0.3 is 0 Å². The first kappa shape index (κ1) is 13.1. The molecule has 2 heteroatoms. The van der Waals surface area contributed by atoms with Crippen LogP contribution in [0.1, 0.15) is 22.3 Å². The van der Waals surface area contributed by atoms with Crippen molar-refractivity contribution in [2.24, 2.45) is 5.92 Å². The van der Waals surface area contributed by atoms with Gasteiger partial charge in [0.15, 0.2) is 5.78 Å². The third kappa shape index (κ3) is 2.52. The molecule has 0 spiro atoms. The van der Waals surface area contributed by atoms with Crippen LogP contribution in [0.15, 0.2) is 48.5 Å². The molecule has 0 amide bonds. The zero-order valence-corrected chi connectivity index (χ0v) is 11.6. The molecule has 1 aliphatic heterocycles. The number of ether oxygens (including phenoxy) is 1. The molecule has 1 unspecified atom stereocenters. The number of rotatable bonds is 3. The van der Waals surface area contributed by atoms with Gasteiger partial charge in [-0.3, -0.25) is 4.79 Å². The maximum absolute atomic E-state index is 12.4. The molecular weight excluding hydrogens is 248 g/mol. The van der Waals surface area contributed by atoms with Crippen LogP contribution in [0.3, 0.4) is 0 Å². The van der Waals surface area contributed by atoms with Crippen molar-refractivity contribution in [3.8, 4) is 11.1 Å². The molecule has 2 aromatic carbocycles. The van der Waals surface area contributed by atoms with Gasteiger partial charge in [0, 0.05) is 18.1 Å². The predicted octanol–water partition coefficient (Wildman–Crippen LogP) is 3.88. The van der Waals surface area contributed by atoms with E-state index in [2.05, 4.69) is 25.1 Å². The molecule has 3 rings (SSSR count). The number of ketones is 1. The molecule has 1 aliphatic rings. The summed E-state index contributed by atoms with van der Waals surface area (Å²) >= 11 is 0. The second-order valence-electron chi connectivity index (χ2n) is 5.32. The Hall–Kier alpha value is -1.93. The van der Waals surface area contributed by atoms with Gasteiger partial charge in [-0.1, -0.05) is 42.5 Å². The highest BCUT2D eigenvalue weighted by Crippen LogP contribution is 2.26. The first-order valence-corrected chi connectivity index (χ1v) is 7.04. The van der Waals surface area contributed by atoms with Crippen molar-refractivity contribution in [1.82, 2.24) is 0 Å². The Morgan fingerprint density at radius 3 is 2.75 bits per heavy atom. The maximum Gasteiger partial charge on any atom is 0.168 e. The lowest BCUT2D eigenvalue weighted by Gasteiger charge is -2.10. The third-order valence-corrected chi connectivity index (χ3v) is 3.90. The molecule has 0 saturated carbocycles. The van der Waals surface area contributed by atoms with Gasteiger partial charge in [0.05, 0.1) is 6.61 Å². The SMILES string of the molecule is Cc1ccccc1-c1cccc(C(=O)C2CCOC2)c1. The van der Waals surface area contributed by atoms with Crippen molar-refractivity contribution in [1.29, 1.82) is 0 Å². The second-order valence-corrected chi connectivity index (χ2v) is 5.32. The van der Waals surface area contributed by atoms with Crippen molar-refractivity contribution < 1.29 is 9.53 Å². The molecular formula is C18H18O2. The minimum Gasteiger partial charge on any atom is -0.381 e. The molecule has 1 saturated heterocycles. The predicted molar refractivity (Wildman–Crippen MR) is 79.9 cm³/mol. The average Bonchev–Trinajstić information content (AvgIpc) is 3.01. The van der Waals surface area contributed by atoms with Gasteiger partial charge in [0.2, 0.25) is 0 Å². The van der Waals surface area contributed by atoms with Crippen LogP contribution in [0.4, 0.5) is 0 Å². The van der Waals surface area contributed by atoms with E-state index in [-0.39, 0.29) is 11.7 Å². The zero-order chi connectivity index (χ0) is 13.9. The second kappa shape index (κ2) is 5.59. The molecule has 20 heavy (non-hydrogen) atoms. The molecule has 2 nitrogen and oxygen atoms in total. The monoisotopic (exact) mass is 266 g/mol. The first-order chi connectivity index (χ1) is 9.75. The topological polar surface area (TPSA) is 26.3 Å². The minimum absolute atomic E-state index is 0.0297. The van der Waals surface area contributed by atoms with Crippen LogP contribution >= 0.6 is 0 Å². The van der Waals surface area contributed by atoms with E-state index in [1.54, 1.807) is 0 Å². The van der Waals surface area contributed by atoms with Gasteiger partial charge in [-0.25, -0.2) is 0 Å². The molecule has 102 valence electrons. The Labute approximate surface area is 119 Å². The number of hydrogen-bond donors (Lipinski definition) is 0. The molecule has 0 radical (unpaired) electrons. The fourth-order valence-electron chi connectivity index (χ4n) is 2.71. The lowest BCUT2D eigenvalue weighted by molar-refractivity contribution is 0.0900. The Balaban J connectivity index is 1.93. The number of aryl methyl sites for hydroxylation is 1. The molecule has 1 fully saturated rings. The molecule has 1 heterocycles. The van der Waals surface area contributed by atoms with Crippen LogP contribution in [0, 0.1) is 12.8 Å². The summed E-state index contributed by atoms with van der Waals surface area (Å²) in [5, 5.41) is 0. The summed E-state index contributed by atoms with van der Waals surface area (Å²) in [5.74, 6) is 0.236. The molecule has 2 aromatic rings. The zero-order valence-electron chi connectivity index (χ0n) is 11.6. The van der Waals surface area contributed by atoms with Crippen LogP contribution in [0.2, 0.25) is 0 Å². The summed E-state index contributed by atoms with van der Waals surface area (Å²) in [6.07, 6.45) is 0.841. The first-order valence-electron chi connectivity index (χ1n) is 7.04. The van der Waals surface area contributed by atoms with Gasteiger partial charge in [-0.05, 0) is 36.1 Å². The summed E-state index contributed by atoms with van der Waals surface area (Å²) in [6.45, 7) is 3.36. The van der Waals surface area contributed by atoms with E-state index < -0.39 is 0 Å². The number of carbonyl (C=O) groups is 1. The third-order valence-electron chi connectivity index (χ3n) is 3.90. The van der Waals surface area contributed by atoms with E-state index in [4.69, 9.17) is 4.74 Å². The fraction of sp³-hybridized carbons (Fsp3) is 0.278. The van der Waals surface area contributed by atoms with Crippen molar-refractivity contribution in [3.63, 3.8) is 0 Å². The van der Waals surface area contributed by atoms with E-state index in [1.165, 1.54) is 11.1 Å². The number of benzene rings is 2. The van der Waals surface area contributed by atoms with Gasteiger partial charge < -0.3 is 4.74 Å². The Bertz CT molecular complexity index is 625. The Morgan fingerprint density at radius 2 is 2.00 bits per heavy atom. The van der Waals surface area contributed by atoms with E-state index in [1.807, 2.05) is 30.3 Å². The van der Waals surface area contributed by atoms with Crippen molar-refractivity contribution >= 4 is 5.78 Å². The van der Waals surface area contributed by atoms with Crippen LogP contribution in [0.5, 0.6) is 0 Å². The highest BCUT2D eigenvalue weighted by Gasteiger charge is 2.24. The highest BCUT2D eigenvalue weighted by atomic mass is 16.5. The molecule has 0 N–H and O–H groups in total. The number of hydrogen-bond acceptors (Lipinski definition) is 2. The van der Waals surface area contributed by atoms with Gasteiger partial charge in [-0.2, -0.15) is 0 Å². The maximum atomic E-state index is 12.4. The quantitative estimate of drug-likeness (QED) is 0.788. The molecule has 0 aliphatic carbocycles. The van der Waals surface area contributed by atoms with E-state index >= 15 is 0 Å². The van der Waals surface area contributed by atoms with Crippen LogP contribution in [-0.4, -0.2) is 19.0 Å². The van der Waals surface area contributed by atoms with E-state index in [0.717, 1.165) is 17.5 Å². The van der Waals surface area contributed by atoms with E-state index in [9.17, 15) is 4.79 Å². The Kier molecular flexibility index (Phi) is 3.66. The molecule has 0 aromatic heterocycles. The summed E-state index contributed by atoms with van der Waals surface area (Å²) in [4.78, 5) is 12.4. The van der Waals surface area contributed by atoms with Crippen LogP contribution in [-0.2, 0) is 4.74 Å². The summed E-state index contributed by atoms with van der Waals surface area (Å²) in [5.41, 5.74) is 4.31. The number of carbonyl (C=O) groups excluding carboxylic acids is 1. The lowest BCUT2D eigenvalue weighted by atomic mass is 9.93. The summed E-state index contributed by atoms with van der Waals surface area (Å²) < 4.78 is 5.31. The smallest absolute Gasteiger partial charge is 0.168 e.